The molecule has 0 heterocycles. The standard InChI is InChI=1S/C14H30N2O/c1-8-11(4)12(5)15-13(9-10(2)3)14(17)16(6)7/h10-13,15H,8-9H2,1-7H3. The van der Waals surface area contributed by atoms with E-state index in [4.69, 9.17) is 0 Å². The Balaban J connectivity index is 4.53. The van der Waals surface area contributed by atoms with E-state index in [-0.39, 0.29) is 11.9 Å². The second-order valence-corrected chi connectivity index (χ2v) is 5.76. The third kappa shape index (κ3) is 6.06. The highest BCUT2D eigenvalue weighted by atomic mass is 16.2. The Morgan fingerprint density at radius 2 is 1.71 bits per heavy atom. The number of carbonyl (C=O) groups is 1. The number of likely N-dealkylation sites (N-methyl/N-ethyl adjacent to an activating group) is 1. The average Bonchev–Trinajstić information content (AvgIpc) is 2.24. The lowest BCUT2D eigenvalue weighted by molar-refractivity contribution is -0.131. The van der Waals surface area contributed by atoms with Crippen LogP contribution >= 0.6 is 0 Å². The van der Waals surface area contributed by atoms with E-state index >= 15 is 0 Å². The monoisotopic (exact) mass is 242 g/mol. The number of hydrogen-bond donors (Lipinski definition) is 1. The molecule has 0 aromatic rings. The minimum atomic E-state index is -0.0472. The predicted molar refractivity (Wildman–Crippen MR) is 74.0 cm³/mol. The second-order valence-electron chi connectivity index (χ2n) is 5.76. The van der Waals surface area contributed by atoms with Gasteiger partial charge in [-0.1, -0.05) is 34.1 Å². The van der Waals surface area contributed by atoms with Gasteiger partial charge in [-0.25, -0.2) is 0 Å². The summed E-state index contributed by atoms with van der Waals surface area (Å²) in [5, 5.41) is 3.49. The smallest absolute Gasteiger partial charge is 0.239 e. The summed E-state index contributed by atoms with van der Waals surface area (Å²) >= 11 is 0. The molecule has 1 N–H and O–H groups in total. The molecule has 0 aliphatic carbocycles. The summed E-state index contributed by atoms with van der Waals surface area (Å²) in [5.41, 5.74) is 0. The highest BCUT2D eigenvalue weighted by Gasteiger charge is 2.24. The van der Waals surface area contributed by atoms with Crippen molar-refractivity contribution in [3.8, 4) is 0 Å². The normalized spacial score (nSPS) is 16.7. The van der Waals surface area contributed by atoms with Crippen molar-refractivity contribution in [2.45, 2.75) is 59.5 Å². The molecule has 17 heavy (non-hydrogen) atoms. The first kappa shape index (κ1) is 16.4. The topological polar surface area (TPSA) is 32.3 Å². The first-order chi connectivity index (χ1) is 7.79. The molecule has 1 amide bonds. The van der Waals surface area contributed by atoms with Crippen LogP contribution in [0.3, 0.4) is 0 Å². The number of hydrogen-bond acceptors (Lipinski definition) is 2. The summed E-state index contributed by atoms with van der Waals surface area (Å²) in [4.78, 5) is 13.8. The fourth-order valence-corrected chi connectivity index (χ4v) is 1.86. The first-order valence-electron chi connectivity index (χ1n) is 6.76. The van der Waals surface area contributed by atoms with Crippen LogP contribution in [0.4, 0.5) is 0 Å². The van der Waals surface area contributed by atoms with E-state index < -0.39 is 0 Å². The molecular weight excluding hydrogens is 212 g/mol. The SMILES string of the molecule is CCC(C)C(C)NC(CC(C)C)C(=O)N(C)C. The van der Waals surface area contributed by atoms with Gasteiger partial charge in [0.05, 0.1) is 6.04 Å². The van der Waals surface area contributed by atoms with Crippen molar-refractivity contribution in [1.82, 2.24) is 10.2 Å². The lowest BCUT2D eigenvalue weighted by Crippen LogP contribution is -2.49. The average molecular weight is 242 g/mol. The van der Waals surface area contributed by atoms with Crippen molar-refractivity contribution in [3.05, 3.63) is 0 Å². The summed E-state index contributed by atoms with van der Waals surface area (Å²) in [6.07, 6.45) is 2.04. The highest BCUT2D eigenvalue weighted by molar-refractivity contribution is 5.81. The molecule has 0 spiro atoms. The molecule has 0 aromatic heterocycles. The lowest BCUT2D eigenvalue weighted by atomic mass is 9.97. The minimum Gasteiger partial charge on any atom is -0.347 e. The van der Waals surface area contributed by atoms with Crippen LogP contribution in [0.15, 0.2) is 0 Å². The maximum Gasteiger partial charge on any atom is 0.239 e. The molecule has 0 aliphatic rings. The first-order valence-corrected chi connectivity index (χ1v) is 6.76. The van der Waals surface area contributed by atoms with Gasteiger partial charge < -0.3 is 10.2 Å². The quantitative estimate of drug-likeness (QED) is 0.744. The van der Waals surface area contributed by atoms with Gasteiger partial charge in [0, 0.05) is 20.1 Å². The zero-order chi connectivity index (χ0) is 13.6. The molecule has 0 saturated heterocycles. The molecule has 0 radical (unpaired) electrons. The second kappa shape index (κ2) is 7.70. The van der Waals surface area contributed by atoms with Crippen molar-refractivity contribution in [2.75, 3.05) is 14.1 Å². The van der Waals surface area contributed by atoms with Gasteiger partial charge in [0.25, 0.3) is 0 Å². The number of nitrogens with one attached hydrogen (secondary N) is 1. The Labute approximate surface area is 107 Å². The van der Waals surface area contributed by atoms with E-state index in [0.29, 0.717) is 17.9 Å². The van der Waals surface area contributed by atoms with Crippen LogP contribution in [0.25, 0.3) is 0 Å². The minimum absolute atomic E-state index is 0.0472. The summed E-state index contributed by atoms with van der Waals surface area (Å²) in [6.45, 7) is 10.9. The third-order valence-corrected chi connectivity index (χ3v) is 3.41. The molecule has 0 aromatic carbocycles. The number of nitrogens with zero attached hydrogens (tertiary/aromatic N) is 1. The molecule has 3 atom stereocenters. The van der Waals surface area contributed by atoms with E-state index in [2.05, 4.69) is 39.9 Å². The molecular formula is C14H30N2O. The van der Waals surface area contributed by atoms with Crippen LogP contribution in [0.1, 0.15) is 47.5 Å². The van der Waals surface area contributed by atoms with E-state index in [1.807, 2.05) is 14.1 Å². The van der Waals surface area contributed by atoms with Gasteiger partial charge in [-0.2, -0.15) is 0 Å². The van der Waals surface area contributed by atoms with Gasteiger partial charge >= 0.3 is 0 Å². The van der Waals surface area contributed by atoms with Gasteiger partial charge in [0.2, 0.25) is 5.91 Å². The zero-order valence-electron chi connectivity index (χ0n) is 12.6. The Morgan fingerprint density at radius 1 is 1.18 bits per heavy atom. The van der Waals surface area contributed by atoms with Crippen molar-refractivity contribution < 1.29 is 4.79 Å². The highest BCUT2D eigenvalue weighted by Crippen LogP contribution is 2.12. The maximum atomic E-state index is 12.1. The van der Waals surface area contributed by atoms with Gasteiger partial charge in [-0.05, 0) is 25.2 Å². The van der Waals surface area contributed by atoms with Gasteiger partial charge in [-0.15, -0.1) is 0 Å². The van der Waals surface area contributed by atoms with Crippen molar-refractivity contribution in [3.63, 3.8) is 0 Å². The van der Waals surface area contributed by atoms with E-state index in [9.17, 15) is 4.79 Å². The van der Waals surface area contributed by atoms with Crippen LogP contribution in [0.2, 0.25) is 0 Å². The van der Waals surface area contributed by atoms with Gasteiger partial charge in [-0.3, -0.25) is 4.79 Å². The van der Waals surface area contributed by atoms with Crippen LogP contribution < -0.4 is 5.32 Å². The molecule has 3 unspecified atom stereocenters. The zero-order valence-corrected chi connectivity index (χ0v) is 12.6. The number of carbonyl (C=O) groups excluding carboxylic acids is 1. The molecule has 0 aliphatic heterocycles. The fraction of sp³-hybridized carbons (Fsp3) is 0.929. The molecule has 3 heteroatoms. The lowest BCUT2D eigenvalue weighted by Gasteiger charge is -2.29. The summed E-state index contributed by atoms with van der Waals surface area (Å²) in [7, 11) is 3.65. The fourth-order valence-electron chi connectivity index (χ4n) is 1.86. The number of amides is 1. The van der Waals surface area contributed by atoms with Crippen molar-refractivity contribution in [2.24, 2.45) is 11.8 Å². The van der Waals surface area contributed by atoms with E-state index in [1.54, 1.807) is 4.90 Å². The van der Waals surface area contributed by atoms with Crippen molar-refractivity contribution in [1.29, 1.82) is 0 Å². The van der Waals surface area contributed by atoms with Gasteiger partial charge in [0.1, 0.15) is 0 Å². The maximum absolute atomic E-state index is 12.1. The molecule has 0 saturated carbocycles. The molecule has 3 nitrogen and oxygen atoms in total. The molecule has 102 valence electrons. The summed E-state index contributed by atoms with van der Waals surface area (Å²) < 4.78 is 0. The summed E-state index contributed by atoms with van der Waals surface area (Å²) in [6, 6.07) is 0.335. The van der Waals surface area contributed by atoms with Gasteiger partial charge in [0.15, 0.2) is 0 Å². The number of rotatable bonds is 7. The van der Waals surface area contributed by atoms with Crippen LogP contribution in [-0.2, 0) is 4.79 Å². The Hall–Kier alpha value is -0.570. The van der Waals surface area contributed by atoms with Crippen LogP contribution in [0.5, 0.6) is 0 Å². The Morgan fingerprint density at radius 3 is 2.06 bits per heavy atom. The Bertz CT molecular complexity index is 226. The molecule has 0 bridgehead atoms. The molecule has 0 fully saturated rings. The van der Waals surface area contributed by atoms with Crippen LogP contribution in [-0.4, -0.2) is 37.0 Å². The van der Waals surface area contributed by atoms with Crippen LogP contribution in [0, 0.1) is 11.8 Å². The molecule has 0 rings (SSSR count). The van der Waals surface area contributed by atoms with Crippen molar-refractivity contribution >= 4 is 5.91 Å². The predicted octanol–water partition coefficient (Wildman–Crippen LogP) is 2.51. The Kier molecular flexibility index (Phi) is 7.44. The van der Waals surface area contributed by atoms with E-state index in [0.717, 1.165) is 12.8 Å². The largest absolute Gasteiger partial charge is 0.347 e. The van der Waals surface area contributed by atoms with E-state index in [1.165, 1.54) is 0 Å². The summed E-state index contributed by atoms with van der Waals surface area (Å²) in [5.74, 6) is 1.31. The third-order valence-electron chi connectivity index (χ3n) is 3.41.